The fourth-order valence-corrected chi connectivity index (χ4v) is 1.69. The van der Waals surface area contributed by atoms with Crippen LogP contribution in [0.5, 0.6) is 5.75 Å². The summed E-state index contributed by atoms with van der Waals surface area (Å²) in [6.07, 6.45) is 0. The molecule has 1 rings (SSSR count). The lowest BCUT2D eigenvalue weighted by molar-refractivity contribution is 0.0979. The fraction of sp³-hybridized carbons (Fsp3) is 0.571. The van der Waals surface area contributed by atoms with Crippen molar-refractivity contribution in [3.8, 4) is 5.75 Å². The smallest absolute Gasteiger partial charge is 0.124 e. The minimum absolute atomic E-state index is 0.466. The van der Waals surface area contributed by atoms with E-state index in [0.717, 1.165) is 11.3 Å². The number of para-hydroxylation sites is 1. The summed E-state index contributed by atoms with van der Waals surface area (Å²) >= 11 is 0. The van der Waals surface area contributed by atoms with Crippen LogP contribution in [0.2, 0.25) is 0 Å². The predicted molar refractivity (Wildman–Crippen MR) is 71.8 cm³/mol. The van der Waals surface area contributed by atoms with Crippen LogP contribution >= 0.6 is 0 Å². The SMILES string of the molecule is CCOCC(C)(N)c1ccccc1OCCOC. The third-order valence-corrected chi connectivity index (χ3v) is 2.65. The van der Waals surface area contributed by atoms with Crippen molar-refractivity contribution in [3.05, 3.63) is 29.8 Å². The molecule has 0 amide bonds. The van der Waals surface area contributed by atoms with E-state index >= 15 is 0 Å². The predicted octanol–water partition coefficient (Wildman–Crippen LogP) is 1.92. The maximum Gasteiger partial charge on any atom is 0.124 e. The standard InChI is InChI=1S/C14H23NO3/c1-4-17-11-14(2,15)12-7-5-6-8-13(12)18-10-9-16-3/h5-8H,4,9-11,15H2,1-3H3. The molecule has 0 aromatic heterocycles. The van der Waals surface area contributed by atoms with Crippen molar-refractivity contribution in [1.82, 2.24) is 0 Å². The van der Waals surface area contributed by atoms with Gasteiger partial charge in [-0.1, -0.05) is 18.2 Å². The largest absolute Gasteiger partial charge is 0.491 e. The summed E-state index contributed by atoms with van der Waals surface area (Å²) in [6, 6.07) is 7.78. The molecule has 1 aromatic carbocycles. The van der Waals surface area contributed by atoms with Gasteiger partial charge in [0.2, 0.25) is 0 Å². The van der Waals surface area contributed by atoms with Crippen LogP contribution in [-0.2, 0) is 15.0 Å². The van der Waals surface area contributed by atoms with E-state index in [2.05, 4.69) is 0 Å². The molecule has 0 saturated heterocycles. The van der Waals surface area contributed by atoms with Gasteiger partial charge >= 0.3 is 0 Å². The van der Waals surface area contributed by atoms with Crippen LogP contribution < -0.4 is 10.5 Å². The van der Waals surface area contributed by atoms with Gasteiger partial charge in [0.05, 0.1) is 18.8 Å². The van der Waals surface area contributed by atoms with Gasteiger partial charge in [0, 0.05) is 19.3 Å². The van der Waals surface area contributed by atoms with Crippen LogP contribution in [0.3, 0.4) is 0 Å². The number of hydrogen-bond donors (Lipinski definition) is 1. The van der Waals surface area contributed by atoms with Crippen LogP contribution in [0.1, 0.15) is 19.4 Å². The maximum absolute atomic E-state index is 6.29. The van der Waals surface area contributed by atoms with Gasteiger partial charge in [0.1, 0.15) is 12.4 Å². The van der Waals surface area contributed by atoms with E-state index in [0.29, 0.717) is 26.4 Å². The summed E-state index contributed by atoms with van der Waals surface area (Å²) in [4.78, 5) is 0. The first kappa shape index (κ1) is 15.0. The molecule has 1 atom stereocenters. The molecule has 0 aliphatic heterocycles. The second kappa shape index (κ2) is 7.36. The molecular weight excluding hydrogens is 230 g/mol. The lowest BCUT2D eigenvalue weighted by Gasteiger charge is -2.27. The van der Waals surface area contributed by atoms with Gasteiger partial charge in [-0.25, -0.2) is 0 Å². The Morgan fingerprint density at radius 2 is 1.94 bits per heavy atom. The Morgan fingerprint density at radius 3 is 2.61 bits per heavy atom. The zero-order valence-corrected chi connectivity index (χ0v) is 11.4. The van der Waals surface area contributed by atoms with Crippen molar-refractivity contribution in [3.63, 3.8) is 0 Å². The van der Waals surface area contributed by atoms with E-state index in [9.17, 15) is 0 Å². The molecule has 0 aliphatic carbocycles. The third-order valence-electron chi connectivity index (χ3n) is 2.65. The highest BCUT2D eigenvalue weighted by atomic mass is 16.5. The number of ether oxygens (including phenoxy) is 3. The van der Waals surface area contributed by atoms with Crippen LogP contribution in [0.25, 0.3) is 0 Å². The van der Waals surface area contributed by atoms with Crippen LogP contribution in [0, 0.1) is 0 Å². The molecule has 0 bridgehead atoms. The zero-order chi connectivity index (χ0) is 13.4. The Kier molecular flexibility index (Phi) is 6.12. The monoisotopic (exact) mass is 253 g/mol. The van der Waals surface area contributed by atoms with Crippen molar-refractivity contribution in [2.45, 2.75) is 19.4 Å². The minimum atomic E-state index is -0.556. The van der Waals surface area contributed by atoms with Gasteiger partial charge < -0.3 is 19.9 Å². The Balaban J connectivity index is 2.79. The Morgan fingerprint density at radius 1 is 1.22 bits per heavy atom. The van der Waals surface area contributed by atoms with E-state index < -0.39 is 5.54 Å². The van der Waals surface area contributed by atoms with E-state index in [1.807, 2.05) is 38.1 Å². The number of rotatable bonds is 8. The van der Waals surface area contributed by atoms with Crippen molar-refractivity contribution in [2.24, 2.45) is 5.73 Å². The molecule has 4 nitrogen and oxygen atoms in total. The topological polar surface area (TPSA) is 53.7 Å². The summed E-state index contributed by atoms with van der Waals surface area (Å²) < 4.78 is 16.1. The average molecular weight is 253 g/mol. The Hall–Kier alpha value is -1.10. The van der Waals surface area contributed by atoms with Crippen molar-refractivity contribution in [1.29, 1.82) is 0 Å². The van der Waals surface area contributed by atoms with E-state index in [4.69, 9.17) is 19.9 Å². The highest BCUT2D eigenvalue weighted by Crippen LogP contribution is 2.28. The van der Waals surface area contributed by atoms with Gasteiger partial charge in [-0.05, 0) is 19.9 Å². The average Bonchev–Trinajstić information content (AvgIpc) is 2.37. The summed E-state index contributed by atoms with van der Waals surface area (Å²) in [5.74, 6) is 0.791. The molecule has 0 aliphatic rings. The van der Waals surface area contributed by atoms with Gasteiger partial charge in [-0.3, -0.25) is 0 Å². The third kappa shape index (κ3) is 4.29. The summed E-state index contributed by atoms with van der Waals surface area (Å²) in [7, 11) is 1.65. The van der Waals surface area contributed by atoms with Crippen molar-refractivity contribution < 1.29 is 14.2 Å². The van der Waals surface area contributed by atoms with Crippen LogP contribution in [0.15, 0.2) is 24.3 Å². The normalized spacial score (nSPS) is 14.2. The lowest BCUT2D eigenvalue weighted by Crippen LogP contribution is -2.38. The van der Waals surface area contributed by atoms with E-state index in [-0.39, 0.29) is 0 Å². The number of benzene rings is 1. The van der Waals surface area contributed by atoms with Crippen molar-refractivity contribution >= 4 is 0 Å². The van der Waals surface area contributed by atoms with Crippen molar-refractivity contribution in [2.75, 3.05) is 33.5 Å². The van der Waals surface area contributed by atoms with Gasteiger partial charge in [0.15, 0.2) is 0 Å². The molecule has 1 aromatic rings. The van der Waals surface area contributed by atoms with Gasteiger partial charge in [0.25, 0.3) is 0 Å². The molecular formula is C14H23NO3. The highest BCUT2D eigenvalue weighted by Gasteiger charge is 2.25. The number of hydrogen-bond acceptors (Lipinski definition) is 4. The molecule has 0 fully saturated rings. The van der Waals surface area contributed by atoms with E-state index in [1.54, 1.807) is 7.11 Å². The molecule has 4 heteroatoms. The Labute approximate surface area is 109 Å². The van der Waals surface area contributed by atoms with Gasteiger partial charge in [-0.2, -0.15) is 0 Å². The fourth-order valence-electron chi connectivity index (χ4n) is 1.69. The minimum Gasteiger partial charge on any atom is -0.491 e. The summed E-state index contributed by atoms with van der Waals surface area (Å²) in [5.41, 5.74) is 6.69. The second-order valence-corrected chi connectivity index (χ2v) is 4.39. The first-order chi connectivity index (χ1) is 8.61. The van der Waals surface area contributed by atoms with E-state index in [1.165, 1.54) is 0 Å². The first-order valence-corrected chi connectivity index (χ1v) is 6.19. The van der Waals surface area contributed by atoms with Gasteiger partial charge in [-0.15, -0.1) is 0 Å². The Bertz CT molecular complexity index is 353. The van der Waals surface area contributed by atoms with Crippen LogP contribution in [-0.4, -0.2) is 33.5 Å². The van der Waals surface area contributed by atoms with Crippen LogP contribution in [0.4, 0.5) is 0 Å². The summed E-state index contributed by atoms with van der Waals surface area (Å²) in [5, 5.41) is 0. The zero-order valence-electron chi connectivity index (χ0n) is 11.4. The molecule has 2 N–H and O–H groups in total. The molecule has 18 heavy (non-hydrogen) atoms. The first-order valence-electron chi connectivity index (χ1n) is 6.19. The molecule has 0 radical (unpaired) electrons. The molecule has 0 saturated carbocycles. The molecule has 0 spiro atoms. The quantitative estimate of drug-likeness (QED) is 0.719. The second-order valence-electron chi connectivity index (χ2n) is 4.39. The number of methoxy groups -OCH3 is 1. The molecule has 0 heterocycles. The lowest BCUT2D eigenvalue weighted by atomic mass is 9.93. The number of nitrogens with two attached hydrogens (primary N) is 1. The summed E-state index contributed by atoms with van der Waals surface area (Å²) in [6.45, 7) is 6.09. The maximum atomic E-state index is 6.29. The molecule has 102 valence electrons. The highest BCUT2D eigenvalue weighted by molar-refractivity contribution is 5.38. The molecule has 1 unspecified atom stereocenters.